The van der Waals surface area contributed by atoms with Crippen molar-refractivity contribution in [2.45, 2.75) is 181 Å². The summed E-state index contributed by atoms with van der Waals surface area (Å²) in [7, 11) is 0. The van der Waals surface area contributed by atoms with Gasteiger partial charge in [0.2, 0.25) is 0 Å². The molecule has 12 aromatic heterocycles. The van der Waals surface area contributed by atoms with Crippen LogP contribution >= 0.6 is 0 Å². The Kier molecular flexibility index (Phi) is 22.0. The Balaban J connectivity index is 0.000000142. The molecule has 0 saturated heterocycles. The highest BCUT2D eigenvalue weighted by molar-refractivity contribution is 5.99. The molecule has 12 heterocycles. The van der Waals surface area contributed by atoms with Gasteiger partial charge in [-0.2, -0.15) is 0 Å². The van der Waals surface area contributed by atoms with Crippen molar-refractivity contribution in [3.8, 4) is 0 Å². The van der Waals surface area contributed by atoms with Crippen molar-refractivity contribution in [2.75, 3.05) is 0 Å². The monoisotopic (exact) mass is 1400 g/mol. The van der Waals surface area contributed by atoms with Crippen molar-refractivity contribution in [1.82, 2.24) is 86.5 Å². The second kappa shape index (κ2) is 31.8. The van der Waals surface area contributed by atoms with Crippen LogP contribution < -0.4 is 49.1 Å². The number of carbonyl (C=O) groups excluding carboxylic acids is 3. The number of aliphatic carboxylic acids is 1. The highest BCUT2D eigenvalue weighted by Gasteiger charge is 2.26. The first kappa shape index (κ1) is 71.1. The largest absolute Gasteiger partial charge is 0.481 e. The minimum atomic E-state index is -0.833. The second-order valence-corrected chi connectivity index (χ2v) is 26.6. The number of fused-ring (bicyclic) bond motifs is 6. The zero-order chi connectivity index (χ0) is 72.4. The van der Waals surface area contributed by atoms with Gasteiger partial charge < -0.3 is 48.5 Å². The molecule has 29 nitrogen and oxygen atoms in total. The molecule has 0 bridgehead atoms. The van der Waals surface area contributed by atoms with Gasteiger partial charge in [0, 0.05) is 120 Å². The molecule has 0 radical (unpaired) electrons. The summed E-state index contributed by atoms with van der Waals surface area (Å²) in [5.74, 6) is -1.73. The lowest BCUT2D eigenvalue weighted by atomic mass is 10.1. The van der Waals surface area contributed by atoms with E-state index in [1.807, 2.05) is 89.5 Å². The predicted octanol–water partition coefficient (Wildman–Crippen LogP) is 7.28. The average molecular weight is 1400 g/mol. The fraction of sp³-hybridized carbons (Fsp3) is 0.378. The zero-order valence-electron chi connectivity index (χ0n) is 58.2. The quantitative estimate of drug-likeness (QED) is 0.0415. The van der Waals surface area contributed by atoms with Crippen LogP contribution in [0, 0.1) is 37.0 Å². The lowest BCUT2D eigenvalue weighted by Gasteiger charge is -2.17. The van der Waals surface area contributed by atoms with E-state index < -0.39 is 5.97 Å². The first-order valence-corrected chi connectivity index (χ1v) is 35.1. The van der Waals surface area contributed by atoms with Gasteiger partial charge in [0.25, 0.3) is 40.4 Å². The number of nitrogens with one attached hydrogen (secondary N) is 6. The molecular formula is C74H85N21O8. The Labute approximate surface area is 589 Å². The van der Waals surface area contributed by atoms with Gasteiger partial charge in [0.15, 0.2) is 0 Å². The molecule has 15 rings (SSSR count). The summed E-state index contributed by atoms with van der Waals surface area (Å²) in [6, 6.07) is 16.1. The van der Waals surface area contributed by atoms with Crippen molar-refractivity contribution in [3.63, 3.8) is 0 Å². The third-order valence-corrected chi connectivity index (χ3v) is 19.3. The number of hydrogen-bond donors (Lipinski definition) is 7. The van der Waals surface area contributed by atoms with Gasteiger partial charge in [-0.1, -0.05) is 56.7 Å². The SMILES string of the molecule is CC(=O)O.Cc1cccn2c(=O)c3cc(C(=O)NC4CCCC4)c(=N)n(CCCn4ccnc4)c3nc12.Cc1cccn2c(=O)c3cc(C(=O)NC4CCCC4)c(=N)n(CCCn4ccnc4)c3nc12.Cc1cccn2c(=O)c3cc(C(=O)NC4CCCC4)c(=N)n(CCCn4ccnc4)c3nc12. The summed E-state index contributed by atoms with van der Waals surface area (Å²) in [6.45, 7) is 10.3. The van der Waals surface area contributed by atoms with Gasteiger partial charge in [0.1, 0.15) is 50.3 Å². The lowest BCUT2D eigenvalue weighted by molar-refractivity contribution is -0.134. The second-order valence-electron chi connectivity index (χ2n) is 26.6. The van der Waals surface area contributed by atoms with Crippen LogP contribution in [0.15, 0.2) is 144 Å². The molecule has 29 heteroatoms. The van der Waals surface area contributed by atoms with Crippen molar-refractivity contribution in [2.24, 2.45) is 0 Å². The number of carboxylic acid groups (broad SMARTS) is 1. The van der Waals surface area contributed by atoms with Gasteiger partial charge in [-0.3, -0.25) is 63.0 Å². The molecule has 3 fully saturated rings. The van der Waals surface area contributed by atoms with E-state index in [0.29, 0.717) is 109 Å². The maximum absolute atomic E-state index is 13.4. The van der Waals surface area contributed by atoms with Gasteiger partial charge >= 0.3 is 0 Å². The number of pyridine rings is 6. The first-order chi connectivity index (χ1) is 49.8. The number of carboxylic acids is 1. The summed E-state index contributed by atoms with van der Waals surface area (Å²) >= 11 is 0. The minimum absolute atomic E-state index is 0.0773. The molecule has 0 aliphatic heterocycles. The average Bonchev–Trinajstić information content (AvgIpc) is 1.46. The van der Waals surface area contributed by atoms with E-state index in [0.717, 1.165) is 101 Å². The van der Waals surface area contributed by atoms with Crippen LogP contribution in [-0.4, -0.2) is 117 Å². The number of imidazole rings is 3. The summed E-state index contributed by atoms with van der Waals surface area (Å²) in [6.07, 6.45) is 35.5. The smallest absolute Gasteiger partial charge is 0.300 e. The molecule has 0 spiro atoms. The third-order valence-electron chi connectivity index (χ3n) is 19.3. The number of aromatic nitrogens is 15. The van der Waals surface area contributed by atoms with Crippen LogP contribution in [0.3, 0.4) is 0 Å². The summed E-state index contributed by atoms with van der Waals surface area (Å²) in [5.41, 5.74) is 5.73. The first-order valence-electron chi connectivity index (χ1n) is 35.1. The van der Waals surface area contributed by atoms with E-state index in [4.69, 9.17) is 41.1 Å². The number of nitrogens with zero attached hydrogens (tertiary/aromatic N) is 15. The Morgan fingerprint density at radius 2 is 0.689 bits per heavy atom. The Bertz CT molecular complexity index is 4980. The van der Waals surface area contributed by atoms with E-state index in [2.05, 4.69) is 30.9 Å². The van der Waals surface area contributed by atoms with Gasteiger partial charge in [-0.25, -0.2) is 29.9 Å². The fourth-order valence-corrected chi connectivity index (χ4v) is 14.0. The minimum Gasteiger partial charge on any atom is -0.481 e. The molecule has 3 aliphatic carbocycles. The van der Waals surface area contributed by atoms with E-state index in [9.17, 15) is 28.8 Å². The van der Waals surface area contributed by atoms with E-state index in [-0.39, 0.29) is 85.7 Å². The lowest BCUT2D eigenvalue weighted by Crippen LogP contribution is -2.38. The van der Waals surface area contributed by atoms with Crippen LogP contribution in [0.4, 0.5) is 0 Å². The van der Waals surface area contributed by atoms with Crippen LogP contribution in [0.25, 0.3) is 50.0 Å². The molecule has 0 atom stereocenters. The van der Waals surface area contributed by atoms with E-state index >= 15 is 0 Å². The standard InChI is InChI=1S/3C24H27N7O2.C2H4O2/c3*1-16-6-4-11-31-21(16)28-22-19(24(31)33)14-18(23(32)27-17-7-2-3-8-17)20(25)30(22)12-5-10-29-13-9-26-15-29;1-2(3)4/h3*4,6,9,11,13-15,17,25H,2-3,5,7-8,10,12H2,1H3,(H,27,32);1H3,(H,3,4). The Morgan fingerprint density at radius 3 is 0.932 bits per heavy atom. The molecule has 3 aliphatic rings. The summed E-state index contributed by atoms with van der Waals surface area (Å²) < 4.78 is 15.5. The van der Waals surface area contributed by atoms with Gasteiger partial charge in [0.05, 0.1) is 51.8 Å². The molecule has 0 aromatic carbocycles. The Hall–Kier alpha value is -11.8. The van der Waals surface area contributed by atoms with Gasteiger partial charge in [-0.05, 0) is 132 Å². The number of carbonyl (C=O) groups is 4. The Morgan fingerprint density at radius 1 is 0.427 bits per heavy atom. The molecule has 12 aromatic rings. The summed E-state index contributed by atoms with van der Waals surface area (Å²) in [4.78, 5) is 115. The third kappa shape index (κ3) is 15.9. The van der Waals surface area contributed by atoms with Crippen molar-refractivity contribution in [3.05, 3.63) is 210 Å². The topological polar surface area (TPSA) is 368 Å². The maximum Gasteiger partial charge on any atom is 0.300 e. The van der Waals surface area contributed by atoms with Crippen LogP contribution in [-0.2, 0) is 44.1 Å². The fourth-order valence-electron chi connectivity index (χ4n) is 14.0. The van der Waals surface area contributed by atoms with Crippen molar-refractivity contribution < 1.29 is 24.3 Å². The summed E-state index contributed by atoms with van der Waals surface area (Å²) in [5, 5.41) is 44.2. The highest BCUT2D eigenvalue weighted by atomic mass is 16.4. The molecule has 0 unspecified atom stereocenters. The van der Waals surface area contributed by atoms with Crippen molar-refractivity contribution in [1.29, 1.82) is 16.2 Å². The van der Waals surface area contributed by atoms with Crippen LogP contribution in [0.5, 0.6) is 0 Å². The molecule has 534 valence electrons. The molecule has 7 N–H and O–H groups in total. The van der Waals surface area contributed by atoms with Crippen molar-refractivity contribution >= 4 is 73.7 Å². The van der Waals surface area contributed by atoms with Gasteiger partial charge in [-0.15, -0.1) is 0 Å². The van der Waals surface area contributed by atoms with Crippen LogP contribution in [0.2, 0.25) is 0 Å². The number of hydrogen-bond acceptors (Lipinski definition) is 16. The predicted molar refractivity (Wildman–Crippen MR) is 386 cm³/mol. The number of aryl methyl sites for hydroxylation is 9. The highest BCUT2D eigenvalue weighted by Crippen LogP contribution is 2.23. The van der Waals surface area contributed by atoms with E-state index in [1.165, 1.54) is 13.2 Å². The number of amides is 3. The molecule has 3 amide bonds. The normalized spacial score (nSPS) is 14.0. The molecular weight excluding hydrogens is 1310 g/mol. The number of rotatable bonds is 18. The maximum atomic E-state index is 13.4. The molecule has 103 heavy (non-hydrogen) atoms. The van der Waals surface area contributed by atoms with E-state index in [1.54, 1.807) is 88.1 Å². The van der Waals surface area contributed by atoms with Crippen LogP contribution in [0.1, 0.15) is 151 Å². The zero-order valence-corrected chi connectivity index (χ0v) is 58.2. The molecule has 3 saturated carbocycles.